The molecule has 0 saturated heterocycles. The van der Waals surface area contributed by atoms with E-state index in [1.807, 2.05) is 0 Å². The first-order valence-corrected chi connectivity index (χ1v) is 8.25. The molecule has 0 radical (unpaired) electrons. The molecule has 24 heavy (non-hydrogen) atoms. The number of benzene rings is 1. The van der Waals surface area contributed by atoms with Crippen LogP contribution in [0.15, 0.2) is 34.2 Å². The SMILES string of the molecule is CSc1nc2c(c(=O)[nH]1)[C@@H](C(=O)Nc1ccc(F)cc1)CC(=O)N2. The number of fused-ring (bicyclic) bond motifs is 1. The van der Waals surface area contributed by atoms with Gasteiger partial charge >= 0.3 is 0 Å². The Bertz CT molecular complexity index is 866. The maximum absolute atomic E-state index is 12.9. The van der Waals surface area contributed by atoms with Gasteiger partial charge in [-0.3, -0.25) is 14.4 Å². The lowest BCUT2D eigenvalue weighted by Crippen LogP contribution is -2.36. The number of rotatable bonds is 3. The molecule has 0 saturated carbocycles. The van der Waals surface area contributed by atoms with Crippen LogP contribution in [0.5, 0.6) is 0 Å². The van der Waals surface area contributed by atoms with Gasteiger partial charge in [0, 0.05) is 12.1 Å². The average Bonchev–Trinajstić information content (AvgIpc) is 2.55. The molecule has 1 aliphatic rings. The van der Waals surface area contributed by atoms with Crippen LogP contribution in [0.25, 0.3) is 0 Å². The third-order valence-corrected chi connectivity index (χ3v) is 4.13. The summed E-state index contributed by atoms with van der Waals surface area (Å²) in [5, 5.41) is 5.45. The van der Waals surface area contributed by atoms with Crippen molar-refractivity contribution < 1.29 is 14.0 Å². The van der Waals surface area contributed by atoms with Crippen LogP contribution in [0.1, 0.15) is 17.9 Å². The second-order valence-corrected chi connectivity index (χ2v) is 5.93. The zero-order valence-electron chi connectivity index (χ0n) is 12.6. The summed E-state index contributed by atoms with van der Waals surface area (Å²) in [4.78, 5) is 43.3. The van der Waals surface area contributed by atoms with Crippen molar-refractivity contribution in [2.45, 2.75) is 17.5 Å². The minimum Gasteiger partial charge on any atom is -0.326 e. The van der Waals surface area contributed by atoms with Crippen molar-refractivity contribution in [3.8, 4) is 0 Å². The second-order valence-electron chi connectivity index (χ2n) is 5.14. The van der Waals surface area contributed by atoms with Gasteiger partial charge in [0.15, 0.2) is 5.16 Å². The Morgan fingerprint density at radius 1 is 1.33 bits per heavy atom. The topological polar surface area (TPSA) is 104 Å². The van der Waals surface area contributed by atoms with Gasteiger partial charge in [-0.1, -0.05) is 11.8 Å². The van der Waals surface area contributed by atoms with E-state index in [0.29, 0.717) is 10.8 Å². The number of carbonyl (C=O) groups is 2. The molecule has 1 aromatic carbocycles. The molecular weight excluding hydrogens is 335 g/mol. The molecule has 0 unspecified atom stereocenters. The number of anilines is 2. The van der Waals surface area contributed by atoms with E-state index < -0.39 is 29.1 Å². The Labute approximate surface area is 140 Å². The summed E-state index contributed by atoms with van der Waals surface area (Å²) in [7, 11) is 0. The number of halogens is 1. The molecule has 3 N–H and O–H groups in total. The van der Waals surface area contributed by atoms with Crippen LogP contribution in [0.2, 0.25) is 0 Å². The van der Waals surface area contributed by atoms with Crippen molar-refractivity contribution in [2.75, 3.05) is 16.9 Å². The van der Waals surface area contributed by atoms with Gasteiger partial charge in [-0.2, -0.15) is 0 Å². The minimum atomic E-state index is -0.967. The molecule has 2 amide bonds. The largest absolute Gasteiger partial charge is 0.326 e. The molecule has 0 aliphatic carbocycles. The number of H-pyrrole nitrogens is 1. The van der Waals surface area contributed by atoms with Crippen LogP contribution < -0.4 is 16.2 Å². The molecule has 1 aliphatic heterocycles. The molecular formula is C15H13FN4O3S. The molecule has 0 fully saturated rings. The summed E-state index contributed by atoms with van der Waals surface area (Å²) in [6, 6.07) is 5.21. The summed E-state index contributed by atoms with van der Waals surface area (Å²) in [5.41, 5.74) is 0.0228. The average molecular weight is 348 g/mol. The summed E-state index contributed by atoms with van der Waals surface area (Å²) in [5.74, 6) is -2.22. The van der Waals surface area contributed by atoms with Crippen molar-refractivity contribution in [1.82, 2.24) is 9.97 Å². The summed E-state index contributed by atoms with van der Waals surface area (Å²) in [6.07, 6.45) is 1.57. The van der Waals surface area contributed by atoms with Gasteiger partial charge in [0.05, 0.1) is 11.5 Å². The maximum Gasteiger partial charge on any atom is 0.257 e. The maximum atomic E-state index is 12.9. The highest BCUT2D eigenvalue weighted by Gasteiger charge is 2.34. The molecule has 0 spiro atoms. The van der Waals surface area contributed by atoms with E-state index in [0.717, 1.165) is 0 Å². The van der Waals surface area contributed by atoms with Crippen molar-refractivity contribution in [3.05, 3.63) is 46.0 Å². The highest BCUT2D eigenvalue weighted by molar-refractivity contribution is 7.98. The molecule has 2 aromatic rings. The molecule has 2 heterocycles. The predicted molar refractivity (Wildman–Crippen MR) is 87.7 cm³/mol. The van der Waals surface area contributed by atoms with Gasteiger partial charge in [0.1, 0.15) is 11.6 Å². The summed E-state index contributed by atoms with van der Waals surface area (Å²) in [6.45, 7) is 0. The lowest BCUT2D eigenvalue weighted by atomic mass is 9.92. The van der Waals surface area contributed by atoms with Gasteiger partial charge in [0.25, 0.3) is 5.56 Å². The van der Waals surface area contributed by atoms with Gasteiger partial charge in [-0.15, -0.1) is 0 Å². The number of nitrogens with zero attached hydrogens (tertiary/aromatic N) is 1. The predicted octanol–water partition coefficient (Wildman–Crippen LogP) is 1.70. The number of aromatic nitrogens is 2. The smallest absolute Gasteiger partial charge is 0.257 e. The van der Waals surface area contributed by atoms with E-state index in [2.05, 4.69) is 20.6 Å². The molecule has 0 bridgehead atoms. The van der Waals surface area contributed by atoms with Crippen molar-refractivity contribution in [1.29, 1.82) is 0 Å². The van der Waals surface area contributed by atoms with E-state index >= 15 is 0 Å². The van der Waals surface area contributed by atoms with Crippen LogP contribution in [0, 0.1) is 5.82 Å². The van der Waals surface area contributed by atoms with E-state index in [1.54, 1.807) is 6.26 Å². The van der Waals surface area contributed by atoms with Gasteiger partial charge in [-0.25, -0.2) is 9.37 Å². The number of hydrogen-bond donors (Lipinski definition) is 3. The normalized spacial score (nSPS) is 16.2. The fourth-order valence-electron chi connectivity index (χ4n) is 2.43. The first kappa shape index (κ1) is 16.2. The Hall–Kier alpha value is -2.68. The Morgan fingerprint density at radius 2 is 2.04 bits per heavy atom. The van der Waals surface area contributed by atoms with Crippen LogP contribution in [-0.4, -0.2) is 28.0 Å². The lowest BCUT2D eigenvalue weighted by Gasteiger charge is -2.23. The fourth-order valence-corrected chi connectivity index (χ4v) is 2.81. The minimum absolute atomic E-state index is 0.0959. The Balaban J connectivity index is 1.94. The number of carbonyl (C=O) groups excluding carboxylic acids is 2. The molecule has 3 rings (SSSR count). The van der Waals surface area contributed by atoms with Gasteiger partial charge in [0.2, 0.25) is 11.8 Å². The zero-order valence-corrected chi connectivity index (χ0v) is 13.4. The van der Waals surface area contributed by atoms with Crippen molar-refractivity contribution in [2.24, 2.45) is 0 Å². The third kappa shape index (κ3) is 3.16. The first-order chi connectivity index (χ1) is 11.5. The number of amides is 2. The van der Waals surface area contributed by atoms with Crippen molar-refractivity contribution in [3.63, 3.8) is 0 Å². The number of thioether (sulfide) groups is 1. The Morgan fingerprint density at radius 3 is 2.71 bits per heavy atom. The van der Waals surface area contributed by atoms with Crippen LogP contribution in [-0.2, 0) is 9.59 Å². The standard InChI is InChI=1S/C15H13FN4O3S/c1-24-15-19-12-11(14(23)20-15)9(6-10(21)18-12)13(22)17-8-4-2-7(16)3-5-8/h2-5,9H,6H2,1H3,(H,17,22)(H2,18,19,20,21,23)/t9-/m0/s1. The second kappa shape index (κ2) is 6.44. The van der Waals surface area contributed by atoms with E-state index in [4.69, 9.17) is 0 Å². The number of hydrogen-bond acceptors (Lipinski definition) is 5. The fraction of sp³-hybridized carbons (Fsp3) is 0.200. The lowest BCUT2D eigenvalue weighted by molar-refractivity contribution is -0.123. The number of nitrogens with one attached hydrogen (secondary N) is 3. The van der Waals surface area contributed by atoms with Gasteiger partial charge in [-0.05, 0) is 30.5 Å². The molecule has 124 valence electrons. The zero-order chi connectivity index (χ0) is 17.3. The molecule has 1 aromatic heterocycles. The molecule has 9 heteroatoms. The van der Waals surface area contributed by atoms with Crippen LogP contribution in [0.4, 0.5) is 15.9 Å². The summed E-state index contributed by atoms with van der Waals surface area (Å²) >= 11 is 1.22. The highest BCUT2D eigenvalue weighted by Crippen LogP contribution is 2.30. The monoisotopic (exact) mass is 348 g/mol. The Kier molecular flexibility index (Phi) is 4.34. The van der Waals surface area contributed by atoms with Crippen molar-refractivity contribution >= 4 is 35.1 Å². The third-order valence-electron chi connectivity index (χ3n) is 3.55. The molecule has 1 atom stereocenters. The number of aromatic amines is 1. The molecule has 7 nitrogen and oxygen atoms in total. The quantitative estimate of drug-likeness (QED) is 0.578. The van der Waals surface area contributed by atoms with E-state index in [9.17, 15) is 18.8 Å². The summed E-state index contributed by atoms with van der Waals surface area (Å²) < 4.78 is 12.9. The van der Waals surface area contributed by atoms with Gasteiger partial charge < -0.3 is 15.6 Å². The van der Waals surface area contributed by atoms with E-state index in [-0.39, 0.29) is 17.8 Å². The highest BCUT2D eigenvalue weighted by atomic mass is 32.2. The van der Waals surface area contributed by atoms with E-state index in [1.165, 1.54) is 36.0 Å². The first-order valence-electron chi connectivity index (χ1n) is 7.02. The van der Waals surface area contributed by atoms with Crippen LogP contribution >= 0.6 is 11.8 Å². The van der Waals surface area contributed by atoms with Crippen LogP contribution in [0.3, 0.4) is 0 Å².